The van der Waals surface area contributed by atoms with E-state index >= 15 is 0 Å². The molecule has 1 aromatic rings. The van der Waals surface area contributed by atoms with Crippen LogP contribution >= 0.6 is 0 Å². The Morgan fingerprint density at radius 2 is 2.27 bits per heavy atom. The molecule has 1 rings (SSSR count). The molecule has 1 N–H and O–H groups in total. The summed E-state index contributed by atoms with van der Waals surface area (Å²) in [4.78, 5) is 0. The van der Waals surface area contributed by atoms with E-state index in [9.17, 15) is 0 Å². The van der Waals surface area contributed by atoms with Crippen LogP contribution in [0.1, 0.15) is 32.9 Å². The van der Waals surface area contributed by atoms with Gasteiger partial charge in [0.05, 0.1) is 0 Å². The molecule has 0 aliphatic rings. The molecule has 0 aromatic carbocycles. The Morgan fingerprint density at radius 1 is 1.55 bits per heavy atom. The fourth-order valence-electron chi connectivity index (χ4n) is 1.02. The number of hydrogen-bond donors (Lipinski definition) is 1. The molecular formula is C9H16N2. The van der Waals surface area contributed by atoms with E-state index in [4.69, 9.17) is 0 Å². The number of H-pyrrole nitrogens is 1. The topological polar surface area (TPSA) is 28.7 Å². The van der Waals surface area contributed by atoms with E-state index in [-0.39, 0.29) is 0 Å². The minimum Gasteiger partial charge on any atom is -0.283 e. The third-order valence-electron chi connectivity index (χ3n) is 2.18. The smallest absolute Gasteiger partial charge is 0.0490 e. The van der Waals surface area contributed by atoms with Crippen molar-refractivity contribution in [2.45, 2.75) is 33.6 Å². The van der Waals surface area contributed by atoms with E-state index in [2.05, 4.69) is 31.0 Å². The summed E-state index contributed by atoms with van der Waals surface area (Å²) in [7, 11) is 0. The first kappa shape index (κ1) is 8.31. The van der Waals surface area contributed by atoms with Gasteiger partial charge >= 0.3 is 0 Å². The van der Waals surface area contributed by atoms with Crippen LogP contribution in [0.15, 0.2) is 12.3 Å². The molecule has 0 unspecified atom stereocenters. The lowest BCUT2D eigenvalue weighted by Crippen LogP contribution is -2.13. The summed E-state index contributed by atoms with van der Waals surface area (Å²) >= 11 is 0. The molecule has 2 nitrogen and oxygen atoms in total. The zero-order chi connectivity index (χ0) is 8.32. The molecule has 0 spiro atoms. The van der Waals surface area contributed by atoms with Crippen molar-refractivity contribution in [3.8, 4) is 0 Å². The molecule has 1 aromatic heterocycles. The molecule has 0 amide bonds. The lowest BCUT2D eigenvalue weighted by Gasteiger charge is -2.20. The average Bonchev–Trinajstić information content (AvgIpc) is 2.39. The van der Waals surface area contributed by atoms with Crippen LogP contribution in [0.2, 0.25) is 0 Å². The van der Waals surface area contributed by atoms with Crippen LogP contribution < -0.4 is 0 Å². The normalized spacial score (nSPS) is 11.9. The van der Waals surface area contributed by atoms with Gasteiger partial charge in [0.2, 0.25) is 0 Å². The second-order valence-corrected chi connectivity index (χ2v) is 3.78. The van der Waals surface area contributed by atoms with Crippen molar-refractivity contribution in [3.63, 3.8) is 0 Å². The van der Waals surface area contributed by atoms with E-state index < -0.39 is 0 Å². The molecule has 62 valence electrons. The van der Waals surface area contributed by atoms with Gasteiger partial charge in [0.15, 0.2) is 0 Å². The van der Waals surface area contributed by atoms with Gasteiger partial charge in [-0.25, -0.2) is 0 Å². The Balaban J connectivity index is 2.56. The molecule has 0 saturated carbocycles. The van der Waals surface area contributed by atoms with Crippen molar-refractivity contribution >= 4 is 0 Å². The molecule has 0 aliphatic heterocycles. The van der Waals surface area contributed by atoms with Gasteiger partial charge in [-0.15, -0.1) is 0 Å². The van der Waals surface area contributed by atoms with Crippen LogP contribution in [0, 0.1) is 5.41 Å². The van der Waals surface area contributed by atoms with E-state index in [0.717, 1.165) is 6.42 Å². The molecule has 11 heavy (non-hydrogen) atoms. The van der Waals surface area contributed by atoms with Crippen LogP contribution in [0.3, 0.4) is 0 Å². The van der Waals surface area contributed by atoms with Crippen LogP contribution in [-0.4, -0.2) is 10.2 Å². The average molecular weight is 152 g/mol. The molecule has 2 heteroatoms. The summed E-state index contributed by atoms with van der Waals surface area (Å²) in [5, 5.41) is 6.89. The maximum atomic E-state index is 3.92. The monoisotopic (exact) mass is 152 g/mol. The summed E-state index contributed by atoms with van der Waals surface area (Å²) < 4.78 is 0. The van der Waals surface area contributed by atoms with Gasteiger partial charge in [0, 0.05) is 11.9 Å². The number of aromatic nitrogens is 2. The number of nitrogens with zero attached hydrogens (tertiary/aromatic N) is 1. The largest absolute Gasteiger partial charge is 0.283 e. The molecule has 1 heterocycles. The summed E-state index contributed by atoms with van der Waals surface area (Å²) in [6, 6.07) is 2.04. The summed E-state index contributed by atoms with van der Waals surface area (Å²) in [6.45, 7) is 6.76. The van der Waals surface area contributed by atoms with E-state index in [1.54, 1.807) is 6.20 Å². The fourth-order valence-corrected chi connectivity index (χ4v) is 1.02. The van der Waals surface area contributed by atoms with E-state index in [0.29, 0.717) is 5.41 Å². The number of nitrogens with one attached hydrogen (secondary N) is 1. The van der Waals surface area contributed by atoms with Gasteiger partial charge in [-0.1, -0.05) is 27.2 Å². The van der Waals surface area contributed by atoms with Crippen LogP contribution in [0.4, 0.5) is 0 Å². The minimum atomic E-state index is 0.395. The third-order valence-corrected chi connectivity index (χ3v) is 2.18. The highest BCUT2D eigenvalue weighted by molar-refractivity contribution is 5.00. The summed E-state index contributed by atoms with van der Waals surface area (Å²) in [6.07, 6.45) is 4.09. The summed E-state index contributed by atoms with van der Waals surface area (Å²) in [5.41, 5.74) is 1.63. The molecule has 0 fully saturated rings. The van der Waals surface area contributed by atoms with Gasteiger partial charge in [0.1, 0.15) is 0 Å². The predicted molar refractivity (Wildman–Crippen MR) is 46.4 cm³/mol. The van der Waals surface area contributed by atoms with Crippen LogP contribution in [-0.2, 0) is 6.42 Å². The first-order valence-corrected chi connectivity index (χ1v) is 4.12. The molecule has 0 atom stereocenters. The lowest BCUT2D eigenvalue weighted by atomic mass is 9.85. The Labute approximate surface area is 68.0 Å². The highest BCUT2D eigenvalue weighted by Gasteiger charge is 2.15. The van der Waals surface area contributed by atoms with Crippen LogP contribution in [0.25, 0.3) is 0 Å². The zero-order valence-electron chi connectivity index (χ0n) is 7.52. The summed E-state index contributed by atoms with van der Waals surface area (Å²) in [5.74, 6) is 0. The molecule has 0 bridgehead atoms. The van der Waals surface area contributed by atoms with Crippen molar-refractivity contribution in [1.82, 2.24) is 10.2 Å². The van der Waals surface area contributed by atoms with Crippen molar-refractivity contribution in [2.75, 3.05) is 0 Å². The highest BCUT2D eigenvalue weighted by atomic mass is 15.1. The lowest BCUT2D eigenvalue weighted by molar-refractivity contribution is 0.345. The van der Waals surface area contributed by atoms with Crippen molar-refractivity contribution in [2.24, 2.45) is 5.41 Å². The second-order valence-electron chi connectivity index (χ2n) is 3.78. The maximum Gasteiger partial charge on any atom is 0.0490 e. The van der Waals surface area contributed by atoms with Gasteiger partial charge in [-0.3, -0.25) is 5.10 Å². The Kier molecular flexibility index (Phi) is 2.32. The number of hydrogen-bond acceptors (Lipinski definition) is 1. The van der Waals surface area contributed by atoms with Crippen LogP contribution in [0.5, 0.6) is 0 Å². The highest BCUT2D eigenvalue weighted by Crippen LogP contribution is 2.23. The minimum absolute atomic E-state index is 0.395. The quantitative estimate of drug-likeness (QED) is 0.707. The fraction of sp³-hybridized carbons (Fsp3) is 0.667. The van der Waals surface area contributed by atoms with Crippen molar-refractivity contribution in [1.29, 1.82) is 0 Å². The van der Waals surface area contributed by atoms with E-state index in [1.165, 1.54) is 12.1 Å². The Bertz CT molecular complexity index is 199. The maximum absolute atomic E-state index is 3.92. The Morgan fingerprint density at radius 3 is 2.73 bits per heavy atom. The molecule has 0 aliphatic carbocycles. The Hall–Kier alpha value is -0.790. The van der Waals surface area contributed by atoms with Crippen molar-refractivity contribution in [3.05, 3.63) is 18.0 Å². The predicted octanol–water partition coefficient (Wildman–Crippen LogP) is 2.39. The molecule has 0 radical (unpaired) electrons. The second kappa shape index (κ2) is 3.07. The number of rotatable bonds is 3. The zero-order valence-corrected chi connectivity index (χ0v) is 7.52. The van der Waals surface area contributed by atoms with Gasteiger partial charge in [-0.2, -0.15) is 5.10 Å². The number of aromatic amines is 1. The first-order chi connectivity index (χ1) is 5.14. The van der Waals surface area contributed by atoms with Gasteiger partial charge in [0.25, 0.3) is 0 Å². The molecular weight excluding hydrogens is 136 g/mol. The standard InChI is InChI=1S/C9H16N2/c1-4-9(2,3)7-8-5-6-10-11-8/h5-6H,4,7H2,1-3H3,(H,10,11). The SMILES string of the molecule is CCC(C)(C)Cc1ccn[nH]1. The first-order valence-electron chi connectivity index (χ1n) is 4.12. The third kappa shape index (κ3) is 2.37. The van der Waals surface area contributed by atoms with Gasteiger partial charge < -0.3 is 0 Å². The van der Waals surface area contributed by atoms with Gasteiger partial charge in [-0.05, 0) is 17.9 Å². The van der Waals surface area contributed by atoms with E-state index in [1.807, 2.05) is 6.07 Å². The van der Waals surface area contributed by atoms with Crippen molar-refractivity contribution < 1.29 is 0 Å². The molecule has 0 saturated heterocycles.